The number of fused-ring (bicyclic) bond motifs is 1. The number of aromatic amines is 1. The van der Waals surface area contributed by atoms with Gasteiger partial charge < -0.3 is 4.98 Å². The molecule has 5 rings (SSSR count). The van der Waals surface area contributed by atoms with Crippen LogP contribution in [0.1, 0.15) is 71.9 Å². The molecule has 35 heavy (non-hydrogen) atoms. The summed E-state index contributed by atoms with van der Waals surface area (Å²) < 4.78 is 40.1. The number of aromatic nitrogens is 7. The first kappa shape index (κ1) is 22.6. The molecule has 1 saturated carbocycles. The lowest BCUT2D eigenvalue weighted by Crippen LogP contribution is -2.28. The van der Waals surface area contributed by atoms with Crippen molar-refractivity contribution in [3.63, 3.8) is 0 Å². The van der Waals surface area contributed by atoms with Gasteiger partial charge in [0.25, 0.3) is 5.56 Å². The fourth-order valence-electron chi connectivity index (χ4n) is 4.33. The van der Waals surface area contributed by atoms with Gasteiger partial charge in [0.2, 0.25) is 0 Å². The van der Waals surface area contributed by atoms with Crippen molar-refractivity contribution < 1.29 is 13.2 Å². The summed E-state index contributed by atoms with van der Waals surface area (Å²) in [6.07, 6.45) is -0.142. The zero-order valence-corrected chi connectivity index (χ0v) is 18.7. The number of halogens is 3. The minimum absolute atomic E-state index is 0.0150. The number of nitrogens with one attached hydrogen (secondary N) is 1. The lowest BCUT2D eigenvalue weighted by molar-refractivity contribution is -0.141. The van der Waals surface area contributed by atoms with Crippen LogP contribution in [0.3, 0.4) is 0 Å². The van der Waals surface area contributed by atoms with Gasteiger partial charge in [-0.2, -0.15) is 23.5 Å². The van der Waals surface area contributed by atoms with Gasteiger partial charge in [0, 0.05) is 29.9 Å². The largest absolute Gasteiger partial charge is 0.433 e. The van der Waals surface area contributed by atoms with E-state index in [-0.39, 0.29) is 28.6 Å². The summed E-state index contributed by atoms with van der Waals surface area (Å²) in [4.78, 5) is 32.8. The number of hydrogen-bond acceptors (Lipinski definition) is 7. The average Bonchev–Trinajstić information content (AvgIpc) is 3.17. The first-order chi connectivity index (χ1) is 16.7. The standard InChI is InChI=1S/C23H19F3N8O/c1-11-7-8-28-19(30-11)14-4-5-15(14)20-31-21-18(22(35)32-20)16(9-27)33-34(21)12(2)13-3-6-17(29-10-13)23(24,25)26/h3,6-8,10,12,14-15H,4-5H2,1-2H3,(H,31,32,35)/t12-,14-,15?/m1/s1. The Bertz CT molecular complexity index is 1520. The third-order valence-electron chi connectivity index (χ3n) is 6.38. The molecule has 178 valence electrons. The van der Waals surface area contributed by atoms with Crippen LogP contribution in [0.25, 0.3) is 11.0 Å². The SMILES string of the molecule is Cc1ccnc([C@@H]2CCC2c2nc3c(c(C#N)nn3[C@H](C)c3ccc(C(F)(F)F)nc3)c(=O)[nH]2)n1. The van der Waals surface area contributed by atoms with E-state index in [1.807, 2.05) is 19.1 Å². The predicted molar refractivity (Wildman–Crippen MR) is 117 cm³/mol. The van der Waals surface area contributed by atoms with Crippen LogP contribution < -0.4 is 5.56 Å². The summed E-state index contributed by atoms with van der Waals surface area (Å²) in [5.74, 6) is 0.983. The van der Waals surface area contributed by atoms with Gasteiger partial charge in [-0.05, 0) is 44.4 Å². The molecule has 1 fully saturated rings. The molecular formula is C23H19F3N8O. The summed E-state index contributed by atoms with van der Waals surface area (Å²) in [5, 5.41) is 13.8. The van der Waals surface area contributed by atoms with E-state index in [1.165, 1.54) is 10.7 Å². The van der Waals surface area contributed by atoms with Crippen LogP contribution in [0.2, 0.25) is 0 Å². The van der Waals surface area contributed by atoms with Gasteiger partial charge in [0.15, 0.2) is 11.3 Å². The fraction of sp³-hybridized carbons (Fsp3) is 0.348. The maximum Gasteiger partial charge on any atom is 0.433 e. The number of nitriles is 1. The topological polar surface area (TPSA) is 126 Å². The molecule has 9 nitrogen and oxygen atoms in total. The highest BCUT2D eigenvalue weighted by Gasteiger charge is 2.38. The van der Waals surface area contributed by atoms with Gasteiger partial charge in [0.05, 0.1) is 6.04 Å². The summed E-state index contributed by atoms with van der Waals surface area (Å²) in [5.41, 5.74) is -0.176. The molecule has 4 aromatic rings. The van der Waals surface area contributed by atoms with Crippen molar-refractivity contribution in [2.24, 2.45) is 0 Å². The molecular weight excluding hydrogens is 461 g/mol. The summed E-state index contributed by atoms with van der Waals surface area (Å²) >= 11 is 0. The number of H-pyrrole nitrogens is 1. The van der Waals surface area contributed by atoms with Gasteiger partial charge in [-0.3, -0.25) is 9.78 Å². The zero-order valence-electron chi connectivity index (χ0n) is 18.7. The Kier molecular flexibility index (Phi) is 5.35. The van der Waals surface area contributed by atoms with E-state index in [2.05, 4.69) is 30.0 Å². The Hall–Kier alpha value is -4.14. The third kappa shape index (κ3) is 3.92. The second-order valence-electron chi connectivity index (χ2n) is 8.55. The molecule has 0 amide bonds. The molecule has 1 N–H and O–H groups in total. The molecule has 12 heteroatoms. The van der Waals surface area contributed by atoms with Crippen molar-refractivity contribution >= 4 is 11.0 Å². The molecule has 0 bridgehead atoms. The van der Waals surface area contributed by atoms with Crippen LogP contribution in [-0.2, 0) is 6.18 Å². The molecule has 4 aromatic heterocycles. The minimum Gasteiger partial charge on any atom is -0.310 e. The van der Waals surface area contributed by atoms with Gasteiger partial charge in [-0.25, -0.2) is 19.6 Å². The molecule has 1 unspecified atom stereocenters. The summed E-state index contributed by atoms with van der Waals surface area (Å²) in [6, 6.07) is 5.27. The summed E-state index contributed by atoms with van der Waals surface area (Å²) in [6.45, 7) is 3.57. The van der Waals surface area contributed by atoms with E-state index in [0.717, 1.165) is 30.8 Å². The van der Waals surface area contributed by atoms with E-state index >= 15 is 0 Å². The van der Waals surface area contributed by atoms with Crippen molar-refractivity contribution in [1.29, 1.82) is 5.26 Å². The van der Waals surface area contributed by atoms with E-state index in [0.29, 0.717) is 17.2 Å². The molecule has 3 atom stereocenters. The van der Waals surface area contributed by atoms with Gasteiger partial charge >= 0.3 is 6.18 Å². The molecule has 4 heterocycles. The van der Waals surface area contributed by atoms with Gasteiger partial charge in [0.1, 0.15) is 28.8 Å². The number of alkyl halides is 3. The van der Waals surface area contributed by atoms with Crippen LogP contribution in [0.15, 0.2) is 35.4 Å². The Balaban J connectivity index is 1.57. The van der Waals surface area contributed by atoms with Gasteiger partial charge in [-0.1, -0.05) is 6.07 Å². The highest BCUT2D eigenvalue weighted by molar-refractivity contribution is 5.80. The molecule has 1 aliphatic carbocycles. The monoisotopic (exact) mass is 480 g/mol. The lowest BCUT2D eigenvalue weighted by atomic mass is 9.72. The zero-order chi connectivity index (χ0) is 24.9. The Morgan fingerprint density at radius 2 is 1.94 bits per heavy atom. The molecule has 0 spiro atoms. The highest BCUT2D eigenvalue weighted by atomic mass is 19.4. The predicted octanol–water partition coefficient (Wildman–Crippen LogP) is 3.77. The first-order valence-electron chi connectivity index (χ1n) is 10.9. The molecule has 0 aromatic carbocycles. The number of rotatable bonds is 4. The van der Waals surface area contributed by atoms with E-state index < -0.39 is 23.5 Å². The Morgan fingerprint density at radius 1 is 1.17 bits per heavy atom. The van der Waals surface area contributed by atoms with E-state index in [4.69, 9.17) is 0 Å². The van der Waals surface area contributed by atoms with Crippen molar-refractivity contribution in [2.75, 3.05) is 0 Å². The molecule has 1 aliphatic rings. The average molecular weight is 480 g/mol. The van der Waals surface area contributed by atoms with Crippen molar-refractivity contribution in [2.45, 2.75) is 50.7 Å². The van der Waals surface area contributed by atoms with Crippen LogP contribution in [-0.4, -0.2) is 34.7 Å². The van der Waals surface area contributed by atoms with Crippen LogP contribution in [0.5, 0.6) is 0 Å². The quantitative estimate of drug-likeness (QED) is 0.471. The number of aryl methyl sites for hydroxylation is 1. The second kappa shape index (κ2) is 8.26. The summed E-state index contributed by atoms with van der Waals surface area (Å²) in [7, 11) is 0. The first-order valence-corrected chi connectivity index (χ1v) is 10.9. The van der Waals surface area contributed by atoms with Gasteiger partial charge in [-0.15, -0.1) is 0 Å². The van der Waals surface area contributed by atoms with Crippen molar-refractivity contribution in [3.05, 3.63) is 75.2 Å². The van der Waals surface area contributed by atoms with E-state index in [9.17, 15) is 23.2 Å². The fourth-order valence-corrected chi connectivity index (χ4v) is 4.33. The van der Waals surface area contributed by atoms with Crippen LogP contribution >= 0.6 is 0 Å². The normalized spacial score (nSPS) is 18.7. The minimum atomic E-state index is -4.56. The van der Waals surface area contributed by atoms with Crippen molar-refractivity contribution in [1.82, 2.24) is 34.7 Å². The Labute approximate surface area is 196 Å². The third-order valence-corrected chi connectivity index (χ3v) is 6.38. The second-order valence-corrected chi connectivity index (χ2v) is 8.55. The Morgan fingerprint density at radius 3 is 2.54 bits per heavy atom. The number of nitrogens with zero attached hydrogens (tertiary/aromatic N) is 7. The maximum absolute atomic E-state index is 13.0. The van der Waals surface area contributed by atoms with Crippen LogP contribution in [0, 0.1) is 18.3 Å². The highest BCUT2D eigenvalue weighted by Crippen LogP contribution is 2.46. The smallest absolute Gasteiger partial charge is 0.310 e. The number of pyridine rings is 1. The molecule has 0 radical (unpaired) electrons. The maximum atomic E-state index is 13.0. The number of hydrogen-bond donors (Lipinski definition) is 1. The molecule has 0 saturated heterocycles. The lowest BCUT2D eigenvalue weighted by Gasteiger charge is -2.34. The van der Waals surface area contributed by atoms with Crippen molar-refractivity contribution in [3.8, 4) is 6.07 Å². The van der Waals surface area contributed by atoms with E-state index in [1.54, 1.807) is 13.1 Å². The molecule has 0 aliphatic heterocycles. The van der Waals surface area contributed by atoms with Crippen LogP contribution in [0.4, 0.5) is 13.2 Å².